The molecule has 2 aromatic heterocycles. The molecule has 1 fully saturated rings. The Balaban J connectivity index is 1.34. The van der Waals surface area contributed by atoms with E-state index in [-0.39, 0.29) is 12.5 Å². The van der Waals surface area contributed by atoms with E-state index in [1.54, 1.807) is 0 Å². The molecular weight excluding hydrogens is 312 g/mol. The number of carbonyl (C=O) groups is 1. The Kier molecular flexibility index (Phi) is 3.87. The molecule has 1 saturated heterocycles. The number of piperazine rings is 1. The number of carbonyl (C=O) groups excluding carboxylic acids is 1. The number of rotatable bonds is 4. The maximum Gasteiger partial charge on any atom is 0.244 e. The summed E-state index contributed by atoms with van der Waals surface area (Å²) in [6.45, 7) is 3.94. The second kappa shape index (κ2) is 6.32. The lowest BCUT2D eigenvalue weighted by molar-refractivity contribution is -0.133. The number of hydrogen-bond donors (Lipinski definition) is 0. The second-order valence-electron chi connectivity index (χ2n) is 5.71. The monoisotopic (exact) mass is 328 g/mol. The molecule has 1 aromatic carbocycles. The third kappa shape index (κ3) is 2.95. The molecule has 0 aliphatic carbocycles. The lowest BCUT2D eigenvalue weighted by Crippen LogP contribution is -2.49. The van der Waals surface area contributed by atoms with E-state index < -0.39 is 0 Å². The fourth-order valence-corrected chi connectivity index (χ4v) is 2.88. The topological polar surface area (TPSA) is 106 Å². The number of benzene rings is 1. The quantitative estimate of drug-likeness (QED) is 0.634. The van der Waals surface area contributed by atoms with Crippen LogP contribution in [0.15, 0.2) is 29.2 Å². The maximum absolute atomic E-state index is 12.2. The van der Waals surface area contributed by atoms with Gasteiger partial charge in [-0.2, -0.15) is 0 Å². The van der Waals surface area contributed by atoms with Crippen molar-refractivity contribution in [1.82, 2.24) is 40.3 Å². The molecule has 0 bridgehead atoms. The van der Waals surface area contributed by atoms with Gasteiger partial charge in [-0.3, -0.25) is 9.69 Å². The van der Waals surface area contributed by atoms with Crippen LogP contribution in [0.25, 0.3) is 11.0 Å². The van der Waals surface area contributed by atoms with Crippen LogP contribution in [0.2, 0.25) is 0 Å². The molecule has 4 rings (SSSR count). The van der Waals surface area contributed by atoms with Crippen LogP contribution >= 0.6 is 0 Å². The van der Waals surface area contributed by atoms with Crippen LogP contribution in [-0.2, 0) is 17.9 Å². The molecule has 124 valence electrons. The summed E-state index contributed by atoms with van der Waals surface area (Å²) in [6.07, 6.45) is 1.45. The van der Waals surface area contributed by atoms with E-state index in [1.165, 1.54) is 11.0 Å². The summed E-state index contributed by atoms with van der Waals surface area (Å²) in [6, 6.07) is 5.86. The van der Waals surface area contributed by atoms with E-state index in [4.69, 9.17) is 4.63 Å². The lowest BCUT2D eigenvalue weighted by atomic mass is 10.1. The summed E-state index contributed by atoms with van der Waals surface area (Å²) < 4.78 is 6.24. The van der Waals surface area contributed by atoms with E-state index in [0.717, 1.165) is 36.2 Å². The second-order valence-corrected chi connectivity index (χ2v) is 5.71. The largest absolute Gasteiger partial charge is 0.339 e. The number of fused-ring (bicyclic) bond motifs is 1. The molecule has 1 aliphatic heterocycles. The number of amides is 1. The molecule has 0 atom stereocenters. The third-order valence-corrected chi connectivity index (χ3v) is 4.18. The first-order chi connectivity index (χ1) is 11.8. The average molecular weight is 328 g/mol. The van der Waals surface area contributed by atoms with Gasteiger partial charge in [-0.15, -0.1) is 5.10 Å². The van der Waals surface area contributed by atoms with Crippen molar-refractivity contribution in [2.75, 3.05) is 26.2 Å². The highest BCUT2D eigenvalue weighted by molar-refractivity contribution is 5.77. The van der Waals surface area contributed by atoms with Gasteiger partial charge in [0.1, 0.15) is 23.9 Å². The summed E-state index contributed by atoms with van der Waals surface area (Å²) in [4.78, 5) is 16.4. The highest BCUT2D eigenvalue weighted by Crippen LogP contribution is 2.17. The van der Waals surface area contributed by atoms with E-state index in [1.807, 2.05) is 23.1 Å². The van der Waals surface area contributed by atoms with Crippen molar-refractivity contribution in [2.45, 2.75) is 13.1 Å². The van der Waals surface area contributed by atoms with Crippen molar-refractivity contribution in [2.24, 2.45) is 0 Å². The van der Waals surface area contributed by atoms with Gasteiger partial charge in [0.25, 0.3) is 0 Å². The van der Waals surface area contributed by atoms with Crippen LogP contribution in [0.3, 0.4) is 0 Å². The van der Waals surface area contributed by atoms with Crippen molar-refractivity contribution in [3.8, 4) is 0 Å². The minimum absolute atomic E-state index is 0.0322. The molecule has 10 nitrogen and oxygen atoms in total. The molecule has 0 N–H and O–H groups in total. The van der Waals surface area contributed by atoms with Crippen molar-refractivity contribution < 1.29 is 9.42 Å². The minimum Gasteiger partial charge on any atom is -0.339 e. The molecule has 0 radical (unpaired) electrons. The first-order valence-electron chi connectivity index (χ1n) is 7.70. The fourth-order valence-electron chi connectivity index (χ4n) is 2.88. The van der Waals surface area contributed by atoms with E-state index in [0.29, 0.717) is 13.1 Å². The average Bonchev–Trinajstić information content (AvgIpc) is 3.27. The van der Waals surface area contributed by atoms with Gasteiger partial charge in [-0.05, 0) is 32.4 Å². The Bertz CT molecular complexity index is 822. The van der Waals surface area contributed by atoms with E-state index >= 15 is 0 Å². The fraction of sp³-hybridized carbons (Fsp3) is 0.429. The summed E-state index contributed by atoms with van der Waals surface area (Å²) in [5.74, 6) is 0.0322. The Morgan fingerprint density at radius 1 is 1.17 bits per heavy atom. The Morgan fingerprint density at radius 2 is 2.04 bits per heavy atom. The molecule has 3 heterocycles. The molecule has 1 amide bonds. The SMILES string of the molecule is O=C(Cn1cnnn1)N1CCN(Cc2cccc3nonc23)CC1. The molecule has 1 aliphatic rings. The molecule has 0 unspecified atom stereocenters. The smallest absolute Gasteiger partial charge is 0.244 e. The zero-order valence-corrected chi connectivity index (χ0v) is 12.9. The van der Waals surface area contributed by atoms with Crippen molar-refractivity contribution >= 4 is 16.9 Å². The van der Waals surface area contributed by atoms with Crippen LogP contribution in [0.5, 0.6) is 0 Å². The number of hydrogen-bond acceptors (Lipinski definition) is 8. The summed E-state index contributed by atoms with van der Waals surface area (Å²) in [5, 5.41) is 18.6. The lowest BCUT2D eigenvalue weighted by Gasteiger charge is -2.34. The molecule has 0 spiro atoms. The van der Waals surface area contributed by atoms with Crippen LogP contribution in [0.1, 0.15) is 5.56 Å². The summed E-state index contributed by atoms with van der Waals surface area (Å²) in [7, 11) is 0. The van der Waals surface area contributed by atoms with Gasteiger partial charge in [0, 0.05) is 32.7 Å². The summed E-state index contributed by atoms with van der Waals surface area (Å²) >= 11 is 0. The molecule has 10 heteroatoms. The Labute approximate surface area is 137 Å². The normalized spacial score (nSPS) is 15.9. The highest BCUT2D eigenvalue weighted by atomic mass is 16.6. The number of aromatic nitrogens is 6. The van der Waals surface area contributed by atoms with Gasteiger partial charge >= 0.3 is 0 Å². The molecule has 24 heavy (non-hydrogen) atoms. The first kappa shape index (κ1) is 14.7. The zero-order valence-electron chi connectivity index (χ0n) is 12.9. The highest BCUT2D eigenvalue weighted by Gasteiger charge is 2.22. The van der Waals surface area contributed by atoms with E-state index in [2.05, 4.69) is 30.7 Å². The summed E-state index contributed by atoms with van der Waals surface area (Å²) in [5.41, 5.74) is 2.65. The third-order valence-electron chi connectivity index (χ3n) is 4.18. The Hall–Kier alpha value is -2.88. The predicted octanol–water partition coefficient (Wildman–Crippen LogP) is -0.446. The van der Waals surface area contributed by atoms with Crippen molar-refractivity contribution in [3.63, 3.8) is 0 Å². The number of tetrazole rings is 1. The first-order valence-corrected chi connectivity index (χ1v) is 7.70. The van der Waals surface area contributed by atoms with Crippen molar-refractivity contribution in [3.05, 3.63) is 30.1 Å². The maximum atomic E-state index is 12.2. The molecule has 0 saturated carbocycles. The predicted molar refractivity (Wildman–Crippen MR) is 81.5 cm³/mol. The standard InChI is InChI=1S/C14H16N8O2/c23-13(9-22-10-15-18-19-22)21-6-4-20(5-7-21)8-11-2-1-3-12-14(11)17-24-16-12/h1-3,10H,4-9H2. The van der Waals surface area contributed by atoms with Gasteiger partial charge in [-0.1, -0.05) is 12.1 Å². The van der Waals surface area contributed by atoms with Gasteiger partial charge < -0.3 is 4.90 Å². The van der Waals surface area contributed by atoms with Crippen molar-refractivity contribution in [1.29, 1.82) is 0 Å². The van der Waals surface area contributed by atoms with Crippen LogP contribution in [0, 0.1) is 0 Å². The van der Waals surface area contributed by atoms with Crippen LogP contribution < -0.4 is 0 Å². The number of nitrogens with zero attached hydrogens (tertiary/aromatic N) is 8. The van der Waals surface area contributed by atoms with Gasteiger partial charge in [-0.25, -0.2) is 9.31 Å². The molecule has 3 aromatic rings. The Morgan fingerprint density at radius 3 is 2.83 bits per heavy atom. The molecular formula is C14H16N8O2. The van der Waals surface area contributed by atoms with Gasteiger partial charge in [0.05, 0.1) is 0 Å². The zero-order chi connectivity index (χ0) is 16.4. The van der Waals surface area contributed by atoms with Gasteiger partial charge in [0.2, 0.25) is 5.91 Å². The van der Waals surface area contributed by atoms with Crippen LogP contribution in [-0.4, -0.2) is 72.4 Å². The van der Waals surface area contributed by atoms with E-state index in [9.17, 15) is 4.79 Å². The minimum atomic E-state index is 0.0322. The van der Waals surface area contributed by atoms with Crippen LogP contribution in [0.4, 0.5) is 0 Å². The van der Waals surface area contributed by atoms with Gasteiger partial charge in [0.15, 0.2) is 0 Å².